The second-order valence-corrected chi connectivity index (χ2v) is 5.66. The van der Waals surface area contributed by atoms with Crippen LogP contribution >= 0.6 is 23.2 Å². The molecule has 0 atom stereocenters. The third-order valence-corrected chi connectivity index (χ3v) is 3.65. The van der Waals surface area contributed by atoms with Gasteiger partial charge in [0.05, 0.1) is 5.88 Å². The van der Waals surface area contributed by atoms with Crippen molar-refractivity contribution in [2.24, 2.45) is 5.92 Å². The van der Waals surface area contributed by atoms with E-state index in [0.29, 0.717) is 11.8 Å². The summed E-state index contributed by atoms with van der Waals surface area (Å²) in [6.45, 7) is 7.15. The van der Waals surface area contributed by atoms with Crippen LogP contribution in [0.2, 0.25) is 5.02 Å². The number of nitrogens with zero attached hydrogens (tertiary/aromatic N) is 3. The Kier molecular flexibility index (Phi) is 4.48. The van der Waals surface area contributed by atoms with Crippen molar-refractivity contribution in [3.05, 3.63) is 34.6 Å². The molecule has 1 aromatic heterocycles. The summed E-state index contributed by atoms with van der Waals surface area (Å²) in [4.78, 5) is 0. The Morgan fingerprint density at radius 1 is 1.26 bits per heavy atom. The zero-order valence-electron chi connectivity index (χ0n) is 11.3. The van der Waals surface area contributed by atoms with Crippen molar-refractivity contribution in [1.82, 2.24) is 14.8 Å². The van der Waals surface area contributed by atoms with Crippen LogP contribution in [-0.2, 0) is 12.4 Å². The molecular formula is C14H17Cl2N3. The van der Waals surface area contributed by atoms with Gasteiger partial charge in [0, 0.05) is 17.1 Å². The van der Waals surface area contributed by atoms with E-state index in [1.165, 1.54) is 0 Å². The Balaban J connectivity index is 2.55. The Bertz CT molecular complexity index is 576. The number of halogens is 2. The molecule has 0 fully saturated rings. The molecule has 0 N–H and O–H groups in total. The minimum absolute atomic E-state index is 0.360. The van der Waals surface area contributed by atoms with Crippen molar-refractivity contribution in [1.29, 1.82) is 0 Å². The summed E-state index contributed by atoms with van der Waals surface area (Å²) in [5.41, 5.74) is 2.03. The summed E-state index contributed by atoms with van der Waals surface area (Å²) in [6.07, 6.45) is 0. The summed E-state index contributed by atoms with van der Waals surface area (Å²) >= 11 is 12.1. The minimum atomic E-state index is 0.360. The second-order valence-electron chi connectivity index (χ2n) is 4.99. The van der Waals surface area contributed by atoms with Crippen LogP contribution in [0.5, 0.6) is 0 Å². The maximum Gasteiger partial charge on any atom is 0.164 e. The number of aromatic nitrogens is 3. The van der Waals surface area contributed by atoms with Crippen molar-refractivity contribution < 1.29 is 0 Å². The van der Waals surface area contributed by atoms with Gasteiger partial charge in [-0.1, -0.05) is 37.6 Å². The molecule has 0 spiro atoms. The Hall–Kier alpha value is -1.06. The first kappa shape index (κ1) is 14.4. The second kappa shape index (κ2) is 5.93. The molecule has 1 aromatic carbocycles. The summed E-state index contributed by atoms with van der Waals surface area (Å²) in [6, 6.07) is 5.82. The number of rotatable bonds is 4. The highest BCUT2D eigenvalue weighted by Gasteiger charge is 2.16. The van der Waals surface area contributed by atoms with Crippen LogP contribution in [0.15, 0.2) is 18.2 Å². The molecule has 102 valence electrons. The molecule has 0 saturated carbocycles. The SMILES string of the molecule is Cc1c(Cl)cccc1-c1nnc(CCl)n1CC(C)C. The van der Waals surface area contributed by atoms with Gasteiger partial charge >= 0.3 is 0 Å². The Labute approximate surface area is 123 Å². The smallest absolute Gasteiger partial charge is 0.164 e. The summed E-state index contributed by atoms with van der Waals surface area (Å²) in [5, 5.41) is 9.19. The first-order valence-corrected chi connectivity index (χ1v) is 7.19. The third kappa shape index (κ3) is 2.93. The number of hydrogen-bond donors (Lipinski definition) is 0. The standard InChI is InChI=1S/C14H17Cl2N3/c1-9(2)8-19-13(7-15)17-18-14(19)11-5-4-6-12(16)10(11)3/h4-6,9H,7-8H2,1-3H3. The predicted octanol–water partition coefficient (Wildman–Crippen LogP) is 4.30. The van der Waals surface area contributed by atoms with Crippen LogP contribution in [0.4, 0.5) is 0 Å². The highest BCUT2D eigenvalue weighted by Crippen LogP contribution is 2.28. The average molecular weight is 298 g/mol. The Morgan fingerprint density at radius 3 is 2.63 bits per heavy atom. The molecule has 5 heteroatoms. The van der Waals surface area contributed by atoms with Crippen molar-refractivity contribution in [2.75, 3.05) is 0 Å². The lowest BCUT2D eigenvalue weighted by Gasteiger charge is -2.13. The maximum absolute atomic E-state index is 6.18. The molecule has 2 aromatic rings. The van der Waals surface area contributed by atoms with Gasteiger partial charge in [-0.05, 0) is 24.5 Å². The fraction of sp³-hybridized carbons (Fsp3) is 0.429. The van der Waals surface area contributed by atoms with E-state index in [1.807, 2.05) is 25.1 Å². The highest BCUT2D eigenvalue weighted by atomic mass is 35.5. The van der Waals surface area contributed by atoms with Gasteiger partial charge in [-0.25, -0.2) is 0 Å². The van der Waals surface area contributed by atoms with Crippen LogP contribution in [-0.4, -0.2) is 14.8 Å². The van der Waals surface area contributed by atoms with E-state index in [1.54, 1.807) is 0 Å². The van der Waals surface area contributed by atoms with Gasteiger partial charge in [-0.15, -0.1) is 21.8 Å². The van der Waals surface area contributed by atoms with E-state index in [2.05, 4.69) is 28.6 Å². The van der Waals surface area contributed by atoms with Crippen LogP contribution in [0.3, 0.4) is 0 Å². The molecule has 0 unspecified atom stereocenters. The molecule has 0 radical (unpaired) electrons. The topological polar surface area (TPSA) is 30.7 Å². The molecular weight excluding hydrogens is 281 g/mol. The van der Waals surface area contributed by atoms with Gasteiger partial charge in [-0.3, -0.25) is 0 Å². The minimum Gasteiger partial charge on any atom is -0.310 e. The van der Waals surface area contributed by atoms with Gasteiger partial charge in [0.15, 0.2) is 5.82 Å². The zero-order chi connectivity index (χ0) is 14.0. The van der Waals surface area contributed by atoms with Gasteiger partial charge < -0.3 is 4.57 Å². The van der Waals surface area contributed by atoms with Crippen LogP contribution < -0.4 is 0 Å². The Morgan fingerprint density at radius 2 is 2.00 bits per heavy atom. The first-order chi connectivity index (χ1) is 9.04. The van der Waals surface area contributed by atoms with Gasteiger partial charge in [0.2, 0.25) is 0 Å². The van der Waals surface area contributed by atoms with E-state index >= 15 is 0 Å². The van der Waals surface area contributed by atoms with Gasteiger partial charge in [0.1, 0.15) is 5.82 Å². The van der Waals surface area contributed by atoms with E-state index in [0.717, 1.165) is 34.3 Å². The van der Waals surface area contributed by atoms with Crippen LogP contribution in [0.1, 0.15) is 25.2 Å². The number of alkyl halides is 1. The fourth-order valence-corrected chi connectivity index (χ4v) is 2.41. The average Bonchev–Trinajstić information content (AvgIpc) is 2.75. The molecule has 0 aliphatic heterocycles. The molecule has 19 heavy (non-hydrogen) atoms. The monoisotopic (exact) mass is 297 g/mol. The molecule has 0 aliphatic carbocycles. The van der Waals surface area contributed by atoms with E-state index in [-0.39, 0.29) is 0 Å². The van der Waals surface area contributed by atoms with Crippen LogP contribution in [0.25, 0.3) is 11.4 Å². The lowest BCUT2D eigenvalue weighted by atomic mass is 10.1. The molecule has 0 bridgehead atoms. The van der Waals surface area contributed by atoms with Gasteiger partial charge in [-0.2, -0.15) is 0 Å². The van der Waals surface area contributed by atoms with Crippen molar-refractivity contribution in [3.63, 3.8) is 0 Å². The normalized spacial score (nSPS) is 11.3. The van der Waals surface area contributed by atoms with E-state index in [4.69, 9.17) is 23.2 Å². The van der Waals surface area contributed by atoms with Crippen molar-refractivity contribution >= 4 is 23.2 Å². The fourth-order valence-electron chi connectivity index (χ4n) is 2.04. The summed E-state index contributed by atoms with van der Waals surface area (Å²) in [5.74, 6) is 2.49. The largest absolute Gasteiger partial charge is 0.310 e. The predicted molar refractivity (Wildman–Crippen MR) is 79.6 cm³/mol. The van der Waals surface area contributed by atoms with Crippen molar-refractivity contribution in [3.8, 4) is 11.4 Å². The maximum atomic E-state index is 6.18. The number of hydrogen-bond acceptors (Lipinski definition) is 2. The molecule has 3 nitrogen and oxygen atoms in total. The lowest BCUT2D eigenvalue weighted by Crippen LogP contribution is -2.09. The number of benzene rings is 1. The van der Waals surface area contributed by atoms with E-state index < -0.39 is 0 Å². The molecule has 1 heterocycles. The lowest BCUT2D eigenvalue weighted by molar-refractivity contribution is 0.515. The summed E-state index contributed by atoms with van der Waals surface area (Å²) < 4.78 is 2.08. The molecule has 2 rings (SSSR count). The zero-order valence-corrected chi connectivity index (χ0v) is 12.8. The molecule has 0 aliphatic rings. The third-order valence-electron chi connectivity index (χ3n) is 3.00. The van der Waals surface area contributed by atoms with E-state index in [9.17, 15) is 0 Å². The summed E-state index contributed by atoms with van der Waals surface area (Å²) in [7, 11) is 0. The first-order valence-electron chi connectivity index (χ1n) is 6.28. The quantitative estimate of drug-likeness (QED) is 0.788. The van der Waals surface area contributed by atoms with Gasteiger partial charge in [0.25, 0.3) is 0 Å². The van der Waals surface area contributed by atoms with Crippen LogP contribution in [0, 0.1) is 12.8 Å². The highest BCUT2D eigenvalue weighted by molar-refractivity contribution is 6.31. The van der Waals surface area contributed by atoms with Crippen molar-refractivity contribution in [2.45, 2.75) is 33.2 Å². The molecule has 0 saturated heterocycles. The molecule has 0 amide bonds.